The average Bonchev–Trinajstić information content (AvgIpc) is 3.11. The topological polar surface area (TPSA) is 38.8 Å². The Labute approximate surface area is 161 Å². The highest BCUT2D eigenvalue weighted by molar-refractivity contribution is 5.94. The molecule has 1 atom stereocenters. The van der Waals surface area contributed by atoms with Crippen molar-refractivity contribution >= 4 is 5.91 Å². The van der Waals surface area contributed by atoms with Crippen molar-refractivity contribution in [3.8, 4) is 0 Å². The van der Waals surface area contributed by atoms with Crippen molar-refractivity contribution in [1.82, 2.24) is 4.90 Å². The fourth-order valence-corrected chi connectivity index (χ4v) is 5.83. The maximum atomic E-state index is 14.0. The largest absolute Gasteiger partial charge is 0.347 e. The van der Waals surface area contributed by atoms with Crippen LogP contribution in [0.4, 0.5) is 0 Å². The monoisotopic (exact) mass is 367 g/mol. The molecule has 1 saturated heterocycles. The van der Waals surface area contributed by atoms with Crippen molar-refractivity contribution in [3.05, 3.63) is 47.5 Å². The summed E-state index contributed by atoms with van der Waals surface area (Å²) in [4.78, 5) is 16.2. The molecule has 2 aliphatic heterocycles. The van der Waals surface area contributed by atoms with Crippen molar-refractivity contribution in [1.29, 1.82) is 0 Å². The van der Waals surface area contributed by atoms with E-state index in [2.05, 4.69) is 49.1 Å². The fraction of sp³-hybridized carbons (Fsp3) is 0.609. The van der Waals surface area contributed by atoms with E-state index in [0.29, 0.717) is 25.8 Å². The molecule has 5 rings (SSSR count). The molecule has 27 heavy (non-hydrogen) atoms. The van der Waals surface area contributed by atoms with Crippen molar-refractivity contribution in [2.24, 2.45) is 5.41 Å². The zero-order chi connectivity index (χ0) is 18.7. The summed E-state index contributed by atoms with van der Waals surface area (Å²) in [5, 5.41) is 0. The second-order valence-electron chi connectivity index (χ2n) is 9.01. The first-order chi connectivity index (χ1) is 13.0. The van der Waals surface area contributed by atoms with E-state index < -0.39 is 11.2 Å². The molecule has 4 heteroatoms. The summed E-state index contributed by atoms with van der Waals surface area (Å²) in [7, 11) is 0. The smallest absolute Gasteiger partial charge is 0.237 e. The Balaban J connectivity index is 1.66. The molecule has 2 heterocycles. The molecule has 0 N–H and O–H groups in total. The van der Waals surface area contributed by atoms with Gasteiger partial charge in [-0.1, -0.05) is 50.3 Å². The molecule has 1 spiro atoms. The van der Waals surface area contributed by atoms with Gasteiger partial charge in [-0.05, 0) is 36.8 Å². The molecule has 2 aliphatic carbocycles. The summed E-state index contributed by atoms with van der Waals surface area (Å²) < 4.78 is 12.4. The lowest BCUT2D eigenvalue weighted by molar-refractivity contribution is -0.236. The van der Waals surface area contributed by atoms with Gasteiger partial charge in [0.25, 0.3) is 0 Å². The van der Waals surface area contributed by atoms with E-state index in [1.165, 1.54) is 12.0 Å². The lowest BCUT2D eigenvalue weighted by Crippen LogP contribution is -2.64. The summed E-state index contributed by atoms with van der Waals surface area (Å²) in [6.07, 6.45) is 7.32. The minimum absolute atomic E-state index is 0.289. The van der Waals surface area contributed by atoms with Crippen molar-refractivity contribution in [2.45, 2.75) is 63.2 Å². The first-order valence-corrected chi connectivity index (χ1v) is 10.4. The summed E-state index contributed by atoms with van der Waals surface area (Å²) in [5.41, 5.74) is 1.37. The number of amides is 1. The van der Waals surface area contributed by atoms with E-state index in [4.69, 9.17) is 9.47 Å². The van der Waals surface area contributed by atoms with E-state index in [0.717, 1.165) is 31.2 Å². The van der Waals surface area contributed by atoms with Crippen LogP contribution >= 0.6 is 0 Å². The second-order valence-corrected chi connectivity index (χ2v) is 9.01. The molecular weight excluding hydrogens is 338 g/mol. The number of fused-ring (bicyclic) bond motifs is 1. The van der Waals surface area contributed by atoms with E-state index in [-0.39, 0.29) is 11.3 Å². The van der Waals surface area contributed by atoms with Gasteiger partial charge < -0.3 is 14.4 Å². The van der Waals surface area contributed by atoms with Crippen LogP contribution in [0.1, 0.15) is 51.5 Å². The Morgan fingerprint density at radius 2 is 1.74 bits per heavy atom. The number of hydrogen-bond acceptors (Lipinski definition) is 3. The van der Waals surface area contributed by atoms with E-state index in [1.807, 2.05) is 6.07 Å². The molecular formula is C23H29NO3. The lowest BCUT2D eigenvalue weighted by Gasteiger charge is -2.58. The lowest BCUT2D eigenvalue weighted by atomic mass is 9.53. The number of rotatable bonds is 2. The van der Waals surface area contributed by atoms with Crippen LogP contribution in [0.25, 0.3) is 0 Å². The summed E-state index contributed by atoms with van der Waals surface area (Å²) in [6.45, 7) is 6.39. The third-order valence-corrected chi connectivity index (χ3v) is 7.57. The number of carbonyl (C=O) groups is 1. The molecule has 3 fully saturated rings. The van der Waals surface area contributed by atoms with Crippen LogP contribution in [0, 0.1) is 5.41 Å². The van der Waals surface area contributed by atoms with E-state index in [9.17, 15) is 4.79 Å². The standard InChI is InChI=1S/C23H29NO3/c1-21(2)19-11-14-24(18-9-6-10-18)20(25)22(19,17-7-4-3-5-8-17)12-13-23(21)26-15-16-27-23/h3-5,7-8,11,18H,6,9-10,12-16H2,1-2H3. The van der Waals surface area contributed by atoms with Crippen LogP contribution in [0.15, 0.2) is 42.0 Å². The van der Waals surface area contributed by atoms with Crippen LogP contribution < -0.4 is 0 Å². The molecule has 1 amide bonds. The van der Waals surface area contributed by atoms with Crippen molar-refractivity contribution in [2.75, 3.05) is 19.8 Å². The van der Waals surface area contributed by atoms with Gasteiger partial charge >= 0.3 is 0 Å². The van der Waals surface area contributed by atoms with Crippen molar-refractivity contribution < 1.29 is 14.3 Å². The molecule has 1 unspecified atom stereocenters. The predicted octanol–water partition coefficient (Wildman–Crippen LogP) is 3.81. The van der Waals surface area contributed by atoms with E-state index >= 15 is 0 Å². The van der Waals surface area contributed by atoms with Gasteiger partial charge in [0.2, 0.25) is 5.91 Å². The summed E-state index contributed by atoms with van der Waals surface area (Å²) in [5.74, 6) is -0.312. The van der Waals surface area contributed by atoms with Crippen molar-refractivity contribution in [3.63, 3.8) is 0 Å². The van der Waals surface area contributed by atoms with Gasteiger partial charge in [-0.25, -0.2) is 0 Å². The van der Waals surface area contributed by atoms with E-state index in [1.54, 1.807) is 0 Å². The molecule has 0 bridgehead atoms. The first kappa shape index (κ1) is 17.4. The fourth-order valence-electron chi connectivity index (χ4n) is 5.83. The maximum Gasteiger partial charge on any atom is 0.237 e. The van der Waals surface area contributed by atoms with Gasteiger partial charge in [0.15, 0.2) is 5.79 Å². The third kappa shape index (κ3) is 2.20. The Kier molecular flexibility index (Phi) is 3.83. The molecule has 4 nitrogen and oxygen atoms in total. The number of ether oxygens (including phenoxy) is 2. The van der Waals surface area contributed by atoms with Crippen LogP contribution in [0.2, 0.25) is 0 Å². The first-order valence-electron chi connectivity index (χ1n) is 10.4. The van der Waals surface area contributed by atoms with Crippen LogP contribution in [-0.4, -0.2) is 42.4 Å². The minimum atomic E-state index is -0.601. The highest BCUT2D eigenvalue weighted by Gasteiger charge is 2.65. The Morgan fingerprint density at radius 3 is 2.37 bits per heavy atom. The van der Waals surface area contributed by atoms with Gasteiger partial charge in [0.1, 0.15) is 0 Å². The van der Waals surface area contributed by atoms with Gasteiger partial charge in [-0.3, -0.25) is 4.79 Å². The zero-order valence-corrected chi connectivity index (χ0v) is 16.4. The minimum Gasteiger partial charge on any atom is -0.347 e. The van der Waals surface area contributed by atoms with Gasteiger partial charge in [-0.2, -0.15) is 0 Å². The highest BCUT2D eigenvalue weighted by atomic mass is 16.7. The highest BCUT2D eigenvalue weighted by Crippen LogP contribution is 2.61. The Morgan fingerprint density at radius 1 is 1.04 bits per heavy atom. The molecule has 4 aliphatic rings. The van der Waals surface area contributed by atoms with Crippen LogP contribution in [-0.2, 0) is 19.7 Å². The SMILES string of the molecule is CC1(C)C2=CCN(C3CCC3)C(=O)C2(c2ccccc2)CCC12OCCO2. The van der Waals surface area contributed by atoms with Gasteiger partial charge in [0.05, 0.1) is 18.6 Å². The van der Waals surface area contributed by atoms with Crippen LogP contribution in [0.3, 0.4) is 0 Å². The molecule has 1 aromatic rings. The predicted molar refractivity (Wildman–Crippen MR) is 103 cm³/mol. The Bertz CT molecular complexity index is 774. The molecule has 144 valence electrons. The number of hydrogen-bond donors (Lipinski definition) is 0. The third-order valence-electron chi connectivity index (χ3n) is 7.57. The maximum absolute atomic E-state index is 14.0. The molecule has 0 radical (unpaired) electrons. The Hall–Kier alpha value is -1.65. The van der Waals surface area contributed by atoms with Gasteiger partial charge in [-0.15, -0.1) is 0 Å². The summed E-state index contributed by atoms with van der Waals surface area (Å²) >= 11 is 0. The summed E-state index contributed by atoms with van der Waals surface area (Å²) in [6, 6.07) is 10.8. The second kappa shape index (κ2) is 5.92. The van der Waals surface area contributed by atoms with Crippen LogP contribution in [0.5, 0.6) is 0 Å². The number of carbonyl (C=O) groups excluding carboxylic acids is 1. The quantitative estimate of drug-likeness (QED) is 0.746. The average molecular weight is 367 g/mol. The zero-order valence-electron chi connectivity index (χ0n) is 16.4. The molecule has 1 aromatic carbocycles. The normalized spacial score (nSPS) is 32.1. The number of nitrogens with zero attached hydrogens (tertiary/aromatic N) is 1. The molecule has 0 aromatic heterocycles. The number of benzene rings is 1. The molecule has 2 saturated carbocycles. The van der Waals surface area contributed by atoms with Gasteiger partial charge in [0, 0.05) is 24.4 Å².